The van der Waals surface area contributed by atoms with Gasteiger partial charge in [-0.05, 0) is 54.8 Å². The number of carbonyl (C=O) groups excluding carboxylic acids is 3. The molecule has 3 heterocycles. The van der Waals surface area contributed by atoms with Gasteiger partial charge in [0.1, 0.15) is 11.9 Å². The molecule has 2 saturated heterocycles. The molecule has 35 heavy (non-hydrogen) atoms. The average Bonchev–Trinajstić information content (AvgIpc) is 3.50. The molecule has 0 bridgehead atoms. The number of rotatable bonds is 6. The van der Waals surface area contributed by atoms with Crippen molar-refractivity contribution in [1.29, 1.82) is 0 Å². The number of halogens is 1. The van der Waals surface area contributed by atoms with E-state index in [0.717, 1.165) is 24.5 Å². The predicted octanol–water partition coefficient (Wildman–Crippen LogP) is 3.86. The van der Waals surface area contributed by atoms with Crippen molar-refractivity contribution in [1.82, 2.24) is 9.80 Å². The lowest BCUT2D eigenvalue weighted by atomic mass is 9.99. The molecule has 1 aromatic heterocycles. The maximum Gasteiger partial charge on any atom is 0.290 e. The second-order valence-corrected chi connectivity index (χ2v) is 8.95. The molecule has 0 N–H and O–H groups in total. The van der Waals surface area contributed by atoms with Gasteiger partial charge in [-0.25, -0.2) is 9.29 Å². The van der Waals surface area contributed by atoms with Crippen LogP contribution in [0.2, 0.25) is 0 Å². The van der Waals surface area contributed by atoms with Gasteiger partial charge in [-0.15, -0.1) is 0 Å². The van der Waals surface area contributed by atoms with Gasteiger partial charge in [0.15, 0.2) is 5.76 Å². The fourth-order valence-electron chi connectivity index (χ4n) is 4.98. The monoisotopic (exact) mass is 475 g/mol. The first-order chi connectivity index (χ1) is 17.0. The number of piperidine rings is 1. The van der Waals surface area contributed by atoms with E-state index in [0.29, 0.717) is 18.5 Å². The molecule has 0 saturated carbocycles. The molecular weight excluding hydrogens is 449 g/mol. The van der Waals surface area contributed by atoms with Gasteiger partial charge < -0.3 is 9.32 Å². The Balaban J connectivity index is 1.36. The maximum absolute atomic E-state index is 13.5. The number of hydrogen-bond acceptors (Lipinski definition) is 5. The average molecular weight is 476 g/mol. The molecule has 180 valence electrons. The second kappa shape index (κ2) is 9.84. The number of likely N-dealkylation sites (tertiary alicyclic amines) is 1. The molecule has 7 nitrogen and oxygen atoms in total. The van der Waals surface area contributed by atoms with Gasteiger partial charge in [-0.3, -0.25) is 19.3 Å². The molecule has 2 fully saturated rings. The zero-order chi connectivity index (χ0) is 24.4. The molecular formula is C27H26FN3O4. The van der Waals surface area contributed by atoms with Gasteiger partial charge >= 0.3 is 0 Å². The Hall–Kier alpha value is -3.78. The molecule has 2 aliphatic heterocycles. The summed E-state index contributed by atoms with van der Waals surface area (Å²) in [7, 11) is 0. The maximum atomic E-state index is 13.5. The third kappa shape index (κ3) is 4.74. The van der Waals surface area contributed by atoms with Crippen molar-refractivity contribution in [2.24, 2.45) is 0 Å². The molecule has 8 heteroatoms. The topological polar surface area (TPSA) is 74.1 Å². The van der Waals surface area contributed by atoms with Gasteiger partial charge in [0, 0.05) is 25.7 Å². The van der Waals surface area contributed by atoms with Crippen LogP contribution in [-0.4, -0.2) is 52.7 Å². The largest absolute Gasteiger partial charge is 0.459 e. The molecule has 2 aliphatic rings. The third-order valence-corrected chi connectivity index (χ3v) is 6.71. The zero-order valence-corrected chi connectivity index (χ0v) is 19.2. The van der Waals surface area contributed by atoms with Gasteiger partial charge in [0.2, 0.25) is 5.91 Å². The number of benzene rings is 2. The van der Waals surface area contributed by atoms with Crippen LogP contribution in [0, 0.1) is 5.82 Å². The first-order valence-electron chi connectivity index (χ1n) is 11.8. The van der Waals surface area contributed by atoms with E-state index in [4.69, 9.17) is 4.42 Å². The number of hydrogen-bond donors (Lipinski definition) is 0. The minimum absolute atomic E-state index is 0.118. The number of anilines is 1. The van der Waals surface area contributed by atoms with Crippen molar-refractivity contribution in [3.63, 3.8) is 0 Å². The Morgan fingerprint density at radius 3 is 2.34 bits per heavy atom. The summed E-state index contributed by atoms with van der Waals surface area (Å²) in [6.07, 6.45) is 2.65. The van der Waals surface area contributed by atoms with Crippen molar-refractivity contribution < 1.29 is 23.2 Å². The standard InChI is InChI=1S/C27H26FN3O4/c28-20-8-10-21(11-9-20)31-25(32)17-23(26(31)33)30(27(34)24-7-4-16-35-24)22-12-14-29(15-13-22)18-19-5-2-1-3-6-19/h1-11,16,22-23H,12-15,17-18H2. The molecule has 0 aliphatic carbocycles. The van der Waals surface area contributed by atoms with Crippen LogP contribution in [0.4, 0.5) is 10.1 Å². The minimum Gasteiger partial charge on any atom is -0.459 e. The molecule has 5 rings (SSSR count). The number of nitrogens with zero attached hydrogens (tertiary/aromatic N) is 3. The summed E-state index contributed by atoms with van der Waals surface area (Å²) in [5, 5.41) is 0. The lowest BCUT2D eigenvalue weighted by Gasteiger charge is -2.40. The summed E-state index contributed by atoms with van der Waals surface area (Å²) in [5.41, 5.74) is 1.52. The predicted molar refractivity (Wildman–Crippen MR) is 127 cm³/mol. The first-order valence-corrected chi connectivity index (χ1v) is 11.8. The molecule has 1 unspecified atom stereocenters. The highest BCUT2D eigenvalue weighted by molar-refractivity contribution is 6.23. The fraction of sp³-hybridized carbons (Fsp3) is 0.296. The van der Waals surface area contributed by atoms with Crippen LogP contribution in [0.15, 0.2) is 77.4 Å². The van der Waals surface area contributed by atoms with Crippen LogP contribution in [0.25, 0.3) is 0 Å². The highest BCUT2D eigenvalue weighted by Crippen LogP contribution is 2.31. The van der Waals surface area contributed by atoms with Crippen LogP contribution in [-0.2, 0) is 16.1 Å². The third-order valence-electron chi connectivity index (χ3n) is 6.71. The van der Waals surface area contributed by atoms with Crippen molar-refractivity contribution in [2.75, 3.05) is 18.0 Å². The fourth-order valence-corrected chi connectivity index (χ4v) is 4.98. The zero-order valence-electron chi connectivity index (χ0n) is 19.2. The van der Waals surface area contributed by atoms with E-state index >= 15 is 0 Å². The lowest BCUT2D eigenvalue weighted by Crippen LogP contribution is -2.54. The normalized spacial score (nSPS) is 19.3. The quantitative estimate of drug-likeness (QED) is 0.507. The molecule has 3 aromatic rings. The van der Waals surface area contributed by atoms with Crippen LogP contribution >= 0.6 is 0 Å². The lowest BCUT2D eigenvalue weighted by molar-refractivity contribution is -0.123. The minimum atomic E-state index is -0.934. The van der Waals surface area contributed by atoms with Gasteiger partial charge in [-0.1, -0.05) is 30.3 Å². The van der Waals surface area contributed by atoms with Crippen molar-refractivity contribution in [3.05, 3.63) is 90.1 Å². The Kier molecular flexibility index (Phi) is 6.46. The number of furan rings is 1. The van der Waals surface area contributed by atoms with Crippen molar-refractivity contribution in [3.8, 4) is 0 Å². The summed E-state index contributed by atoms with van der Waals surface area (Å²) < 4.78 is 18.8. The number of amides is 3. The van der Waals surface area contributed by atoms with E-state index in [2.05, 4.69) is 17.0 Å². The summed E-state index contributed by atoms with van der Waals surface area (Å²) in [6.45, 7) is 2.34. The van der Waals surface area contributed by atoms with Crippen LogP contribution in [0.1, 0.15) is 35.4 Å². The Morgan fingerprint density at radius 2 is 1.69 bits per heavy atom. The summed E-state index contributed by atoms with van der Waals surface area (Å²) in [5.74, 6) is -1.61. The Morgan fingerprint density at radius 1 is 0.971 bits per heavy atom. The van der Waals surface area contributed by atoms with E-state index < -0.39 is 29.6 Å². The Bertz CT molecular complexity index is 1190. The van der Waals surface area contributed by atoms with Gasteiger partial charge in [0.05, 0.1) is 18.4 Å². The van der Waals surface area contributed by atoms with Crippen LogP contribution < -0.4 is 4.90 Å². The van der Waals surface area contributed by atoms with E-state index in [1.807, 2.05) is 18.2 Å². The molecule has 0 radical (unpaired) electrons. The van der Waals surface area contributed by atoms with Crippen LogP contribution in [0.5, 0.6) is 0 Å². The smallest absolute Gasteiger partial charge is 0.290 e. The molecule has 3 amide bonds. The molecule has 0 spiro atoms. The molecule has 1 atom stereocenters. The SMILES string of the molecule is O=C1CC(N(C(=O)c2ccco2)C2CCN(Cc3ccccc3)CC2)C(=O)N1c1ccc(F)cc1. The highest BCUT2D eigenvalue weighted by Gasteiger charge is 2.47. The second-order valence-electron chi connectivity index (χ2n) is 8.95. The Labute approximate surface area is 202 Å². The number of carbonyl (C=O) groups is 3. The first kappa shape index (κ1) is 23.0. The summed E-state index contributed by atoms with van der Waals surface area (Å²) in [6, 6.07) is 17.4. The summed E-state index contributed by atoms with van der Waals surface area (Å²) in [4.78, 5) is 44.7. The van der Waals surface area contributed by atoms with Crippen molar-refractivity contribution in [2.45, 2.75) is 37.9 Å². The van der Waals surface area contributed by atoms with E-state index in [1.165, 1.54) is 36.1 Å². The van der Waals surface area contributed by atoms with Gasteiger partial charge in [0.25, 0.3) is 11.8 Å². The van der Waals surface area contributed by atoms with E-state index in [-0.39, 0.29) is 18.2 Å². The van der Waals surface area contributed by atoms with Crippen molar-refractivity contribution >= 4 is 23.4 Å². The number of imide groups is 1. The molecule has 2 aromatic carbocycles. The van der Waals surface area contributed by atoms with E-state index in [9.17, 15) is 18.8 Å². The highest BCUT2D eigenvalue weighted by atomic mass is 19.1. The van der Waals surface area contributed by atoms with Gasteiger partial charge in [-0.2, -0.15) is 0 Å². The van der Waals surface area contributed by atoms with Crippen LogP contribution in [0.3, 0.4) is 0 Å². The van der Waals surface area contributed by atoms with E-state index in [1.54, 1.807) is 17.0 Å². The summed E-state index contributed by atoms with van der Waals surface area (Å²) >= 11 is 0.